The van der Waals surface area contributed by atoms with Gasteiger partial charge in [-0.3, -0.25) is 0 Å². The Labute approximate surface area is 94.0 Å². The summed E-state index contributed by atoms with van der Waals surface area (Å²) in [6.45, 7) is 0. The molecule has 84 valence electrons. The van der Waals surface area contributed by atoms with Crippen LogP contribution in [0.2, 0.25) is 0 Å². The molecule has 1 aromatic rings. The zero-order chi connectivity index (χ0) is 11.5. The number of aromatic carboxylic acids is 1. The minimum absolute atomic E-state index is 0.277. The number of aliphatic hydroxyl groups is 1. The Morgan fingerprint density at radius 3 is 2.69 bits per heavy atom. The molecule has 1 aliphatic carbocycles. The normalized spacial score (nSPS) is 20.3. The van der Waals surface area contributed by atoms with Gasteiger partial charge in [0.25, 0.3) is 0 Å². The summed E-state index contributed by atoms with van der Waals surface area (Å²) in [6, 6.07) is 7.01. The van der Waals surface area contributed by atoms with Crippen molar-refractivity contribution in [3.05, 3.63) is 41.5 Å². The van der Waals surface area contributed by atoms with E-state index in [0.29, 0.717) is 18.4 Å². The molecule has 0 heterocycles. The molecule has 0 saturated carbocycles. The molecular formula is C13H14O3. The van der Waals surface area contributed by atoms with E-state index in [1.807, 2.05) is 18.2 Å². The third-order valence-electron chi connectivity index (χ3n) is 2.89. The third-order valence-corrected chi connectivity index (χ3v) is 2.89. The highest BCUT2D eigenvalue weighted by molar-refractivity contribution is 5.94. The lowest BCUT2D eigenvalue weighted by Gasteiger charge is -2.18. The molecule has 0 bridgehead atoms. The van der Waals surface area contributed by atoms with E-state index in [9.17, 15) is 9.90 Å². The quantitative estimate of drug-likeness (QED) is 0.800. The van der Waals surface area contributed by atoms with Gasteiger partial charge in [0, 0.05) is 0 Å². The first-order valence-corrected chi connectivity index (χ1v) is 5.38. The van der Waals surface area contributed by atoms with Crippen LogP contribution in [0.5, 0.6) is 0 Å². The van der Waals surface area contributed by atoms with Crippen molar-refractivity contribution >= 4 is 11.5 Å². The van der Waals surface area contributed by atoms with Gasteiger partial charge in [0.2, 0.25) is 0 Å². The fourth-order valence-corrected chi connectivity index (χ4v) is 2.01. The molecule has 0 radical (unpaired) electrons. The molecule has 0 amide bonds. The van der Waals surface area contributed by atoms with Gasteiger partial charge in [0.05, 0.1) is 11.7 Å². The number of rotatable bonds is 2. The summed E-state index contributed by atoms with van der Waals surface area (Å²) in [5.41, 5.74) is 2.15. The van der Waals surface area contributed by atoms with E-state index < -0.39 is 5.97 Å². The molecule has 0 aliphatic heterocycles. The van der Waals surface area contributed by atoms with Crippen molar-refractivity contribution < 1.29 is 15.0 Å². The van der Waals surface area contributed by atoms with E-state index in [4.69, 9.17) is 5.11 Å². The van der Waals surface area contributed by atoms with Crippen LogP contribution in [0.3, 0.4) is 0 Å². The summed E-state index contributed by atoms with van der Waals surface area (Å²) in [5.74, 6) is -0.900. The Hall–Kier alpha value is -1.61. The molecule has 3 heteroatoms. The van der Waals surface area contributed by atoms with Crippen molar-refractivity contribution in [3.63, 3.8) is 0 Å². The van der Waals surface area contributed by atoms with Crippen LogP contribution in [-0.4, -0.2) is 22.3 Å². The fourth-order valence-electron chi connectivity index (χ4n) is 2.01. The van der Waals surface area contributed by atoms with Crippen molar-refractivity contribution in [1.82, 2.24) is 0 Å². The van der Waals surface area contributed by atoms with E-state index in [1.165, 1.54) is 0 Å². The van der Waals surface area contributed by atoms with Crippen LogP contribution < -0.4 is 0 Å². The Balaban J connectivity index is 2.37. The Bertz CT molecular complexity index is 435. The van der Waals surface area contributed by atoms with Crippen LogP contribution in [0.1, 0.15) is 35.2 Å². The zero-order valence-corrected chi connectivity index (χ0v) is 8.89. The zero-order valence-electron chi connectivity index (χ0n) is 8.89. The molecule has 0 spiro atoms. The summed E-state index contributed by atoms with van der Waals surface area (Å²) >= 11 is 0. The molecule has 3 nitrogen and oxygen atoms in total. The molecule has 0 aromatic heterocycles. The third kappa shape index (κ3) is 2.14. The summed E-state index contributed by atoms with van der Waals surface area (Å²) in [7, 11) is 0. The standard InChI is InChI=1S/C13H14O3/c14-10-7-5-9(6-8-10)11-3-1-2-4-12(11)13(15)16/h1-5,10,14H,6-8H2,(H,15,16). The largest absolute Gasteiger partial charge is 0.478 e. The van der Waals surface area contributed by atoms with Gasteiger partial charge in [0.1, 0.15) is 0 Å². The van der Waals surface area contributed by atoms with Gasteiger partial charge in [-0.1, -0.05) is 24.3 Å². The van der Waals surface area contributed by atoms with Crippen molar-refractivity contribution in [1.29, 1.82) is 0 Å². The van der Waals surface area contributed by atoms with E-state index in [-0.39, 0.29) is 6.10 Å². The van der Waals surface area contributed by atoms with Gasteiger partial charge in [-0.25, -0.2) is 4.79 Å². The smallest absolute Gasteiger partial charge is 0.336 e. The second kappa shape index (κ2) is 4.49. The molecular weight excluding hydrogens is 204 g/mol. The highest BCUT2D eigenvalue weighted by Gasteiger charge is 2.17. The van der Waals surface area contributed by atoms with Gasteiger partial charge in [-0.05, 0) is 36.5 Å². The minimum atomic E-state index is -0.900. The lowest BCUT2D eigenvalue weighted by molar-refractivity contribution is 0.0696. The maximum Gasteiger partial charge on any atom is 0.336 e. The molecule has 2 N–H and O–H groups in total. The minimum Gasteiger partial charge on any atom is -0.478 e. The van der Waals surface area contributed by atoms with Crippen LogP contribution in [-0.2, 0) is 0 Å². The number of benzene rings is 1. The summed E-state index contributed by atoms with van der Waals surface area (Å²) in [5, 5.41) is 18.5. The monoisotopic (exact) mass is 218 g/mol. The predicted molar refractivity (Wildman–Crippen MR) is 61.2 cm³/mol. The maximum atomic E-state index is 11.1. The average molecular weight is 218 g/mol. The first kappa shape index (κ1) is 10.9. The molecule has 2 rings (SSSR count). The van der Waals surface area contributed by atoms with Crippen LogP contribution in [0.25, 0.3) is 5.57 Å². The Morgan fingerprint density at radius 1 is 1.31 bits per heavy atom. The number of carboxylic acid groups (broad SMARTS) is 1. The van der Waals surface area contributed by atoms with E-state index in [1.54, 1.807) is 12.1 Å². The highest BCUT2D eigenvalue weighted by atomic mass is 16.4. The molecule has 1 atom stereocenters. The van der Waals surface area contributed by atoms with Crippen LogP contribution >= 0.6 is 0 Å². The van der Waals surface area contributed by atoms with Crippen molar-refractivity contribution in [3.8, 4) is 0 Å². The molecule has 16 heavy (non-hydrogen) atoms. The molecule has 0 saturated heterocycles. The van der Waals surface area contributed by atoms with Gasteiger partial charge < -0.3 is 10.2 Å². The topological polar surface area (TPSA) is 57.5 Å². The molecule has 1 aromatic carbocycles. The Morgan fingerprint density at radius 2 is 2.06 bits per heavy atom. The maximum absolute atomic E-state index is 11.1. The van der Waals surface area contributed by atoms with Gasteiger partial charge in [-0.2, -0.15) is 0 Å². The Kier molecular flexibility index (Phi) is 3.06. The first-order chi connectivity index (χ1) is 7.68. The van der Waals surface area contributed by atoms with Gasteiger partial charge in [-0.15, -0.1) is 0 Å². The number of carboxylic acids is 1. The number of hydrogen-bond acceptors (Lipinski definition) is 2. The lowest BCUT2D eigenvalue weighted by Crippen LogP contribution is -2.11. The summed E-state index contributed by atoms with van der Waals surface area (Å²) in [6.07, 6.45) is 3.73. The van der Waals surface area contributed by atoms with Crippen molar-refractivity contribution in [2.45, 2.75) is 25.4 Å². The van der Waals surface area contributed by atoms with Crippen LogP contribution in [0, 0.1) is 0 Å². The second-order valence-electron chi connectivity index (χ2n) is 4.01. The molecule has 0 fully saturated rings. The highest BCUT2D eigenvalue weighted by Crippen LogP contribution is 2.29. The van der Waals surface area contributed by atoms with E-state index in [0.717, 1.165) is 17.6 Å². The lowest BCUT2D eigenvalue weighted by atomic mass is 9.89. The SMILES string of the molecule is O=C(O)c1ccccc1C1=CCC(O)CC1. The van der Waals surface area contributed by atoms with Gasteiger partial charge in [0.15, 0.2) is 0 Å². The van der Waals surface area contributed by atoms with E-state index in [2.05, 4.69) is 0 Å². The van der Waals surface area contributed by atoms with Gasteiger partial charge >= 0.3 is 5.97 Å². The number of carbonyl (C=O) groups is 1. The van der Waals surface area contributed by atoms with E-state index >= 15 is 0 Å². The number of hydrogen-bond donors (Lipinski definition) is 2. The van der Waals surface area contributed by atoms with Crippen LogP contribution in [0.15, 0.2) is 30.3 Å². The average Bonchev–Trinajstić information content (AvgIpc) is 2.30. The second-order valence-corrected chi connectivity index (χ2v) is 4.01. The van der Waals surface area contributed by atoms with Crippen molar-refractivity contribution in [2.75, 3.05) is 0 Å². The molecule has 1 unspecified atom stereocenters. The predicted octanol–water partition coefficient (Wildman–Crippen LogP) is 2.31. The van der Waals surface area contributed by atoms with Crippen molar-refractivity contribution in [2.24, 2.45) is 0 Å². The van der Waals surface area contributed by atoms with Crippen LogP contribution in [0.4, 0.5) is 0 Å². The first-order valence-electron chi connectivity index (χ1n) is 5.38. The summed E-state index contributed by atoms with van der Waals surface area (Å²) in [4.78, 5) is 11.1. The molecule has 1 aliphatic rings. The summed E-state index contributed by atoms with van der Waals surface area (Å²) < 4.78 is 0. The fraction of sp³-hybridized carbons (Fsp3) is 0.308. The number of aliphatic hydroxyl groups excluding tert-OH is 1. The number of allylic oxidation sites excluding steroid dienone is 1.